The highest BCUT2D eigenvalue weighted by Gasteiger charge is 2.26. The van der Waals surface area contributed by atoms with Crippen LogP contribution in [0.25, 0.3) is 0 Å². The van der Waals surface area contributed by atoms with Gasteiger partial charge in [0.15, 0.2) is 6.61 Å². The molecule has 1 amide bonds. The Morgan fingerprint density at radius 2 is 2.37 bits per heavy atom. The number of nitrogens with one attached hydrogen (secondary N) is 1. The maximum atomic E-state index is 11.7. The molecule has 1 aromatic heterocycles. The molecule has 6 nitrogen and oxygen atoms in total. The third-order valence-corrected chi connectivity index (χ3v) is 3.18. The third kappa shape index (κ3) is 3.35. The number of hydrogen-bond donors (Lipinski definition) is 2. The zero-order valence-corrected chi connectivity index (χ0v) is 10.7. The van der Waals surface area contributed by atoms with Gasteiger partial charge in [-0.3, -0.25) is 9.59 Å². The Morgan fingerprint density at radius 3 is 3.00 bits per heavy atom. The molecule has 1 aliphatic rings. The molecular formula is C13H17NO5. The Bertz CT molecular complexity index is 510. The summed E-state index contributed by atoms with van der Waals surface area (Å²) < 4.78 is 10.2. The second-order valence-electron chi connectivity index (χ2n) is 4.63. The van der Waals surface area contributed by atoms with E-state index in [9.17, 15) is 14.7 Å². The van der Waals surface area contributed by atoms with Gasteiger partial charge in [-0.2, -0.15) is 0 Å². The van der Waals surface area contributed by atoms with Crippen LogP contribution in [0.1, 0.15) is 25.0 Å². The standard InChI is InChI=1S/C13H17NO5/c1-8-13(11(16)5-6-18-8)19-7-12(17)14-9-3-2-4-10(9)15/h5-6,9-10,15H,2-4,7H2,1H3,(H,14,17)/t9-,10-/m1/s1. The van der Waals surface area contributed by atoms with Crippen molar-refractivity contribution in [3.8, 4) is 5.75 Å². The molecule has 0 aliphatic heterocycles. The number of aryl methyl sites for hydroxylation is 1. The highest BCUT2D eigenvalue weighted by Crippen LogP contribution is 2.18. The van der Waals surface area contributed by atoms with Crippen molar-refractivity contribution >= 4 is 5.91 Å². The molecule has 0 unspecified atom stereocenters. The normalized spacial score (nSPS) is 22.2. The summed E-state index contributed by atoms with van der Waals surface area (Å²) in [5.41, 5.74) is -0.322. The summed E-state index contributed by atoms with van der Waals surface area (Å²) in [5, 5.41) is 12.3. The zero-order valence-electron chi connectivity index (χ0n) is 10.7. The molecule has 2 atom stereocenters. The number of hydrogen-bond acceptors (Lipinski definition) is 5. The summed E-state index contributed by atoms with van der Waals surface area (Å²) in [4.78, 5) is 23.2. The average molecular weight is 267 g/mol. The van der Waals surface area contributed by atoms with E-state index in [0.717, 1.165) is 12.8 Å². The zero-order chi connectivity index (χ0) is 13.8. The Balaban J connectivity index is 1.88. The highest BCUT2D eigenvalue weighted by molar-refractivity contribution is 5.78. The van der Waals surface area contributed by atoms with Gasteiger partial charge in [0.25, 0.3) is 5.91 Å². The molecule has 104 valence electrons. The van der Waals surface area contributed by atoms with Crippen LogP contribution in [0.4, 0.5) is 0 Å². The molecule has 0 aromatic carbocycles. The number of ether oxygens (including phenoxy) is 1. The average Bonchev–Trinajstić information content (AvgIpc) is 2.74. The van der Waals surface area contributed by atoms with E-state index in [1.54, 1.807) is 6.92 Å². The molecule has 19 heavy (non-hydrogen) atoms. The largest absolute Gasteiger partial charge is 0.476 e. The van der Waals surface area contributed by atoms with Crippen molar-refractivity contribution in [1.29, 1.82) is 0 Å². The Morgan fingerprint density at radius 1 is 1.58 bits per heavy atom. The van der Waals surface area contributed by atoms with E-state index >= 15 is 0 Å². The quantitative estimate of drug-likeness (QED) is 0.822. The molecular weight excluding hydrogens is 250 g/mol. The summed E-state index contributed by atoms with van der Waals surface area (Å²) in [5.74, 6) is 0.0272. The maximum absolute atomic E-state index is 11.7. The first-order valence-electron chi connectivity index (χ1n) is 6.26. The van der Waals surface area contributed by atoms with E-state index < -0.39 is 6.10 Å². The molecule has 2 N–H and O–H groups in total. The molecule has 0 saturated heterocycles. The monoisotopic (exact) mass is 267 g/mol. The smallest absolute Gasteiger partial charge is 0.258 e. The highest BCUT2D eigenvalue weighted by atomic mass is 16.5. The first kappa shape index (κ1) is 13.6. The van der Waals surface area contributed by atoms with E-state index in [4.69, 9.17) is 9.15 Å². The minimum Gasteiger partial charge on any atom is -0.476 e. The minimum atomic E-state index is -0.493. The molecule has 0 spiro atoms. The van der Waals surface area contributed by atoms with Crippen LogP contribution in [0.2, 0.25) is 0 Å². The van der Waals surface area contributed by atoms with Gasteiger partial charge in [-0.05, 0) is 26.2 Å². The fourth-order valence-corrected chi connectivity index (χ4v) is 2.17. The SMILES string of the molecule is Cc1occc(=O)c1OCC(=O)N[C@@H]1CCC[C@H]1O. The maximum Gasteiger partial charge on any atom is 0.258 e. The molecule has 0 bridgehead atoms. The Kier molecular flexibility index (Phi) is 4.21. The predicted molar refractivity (Wildman–Crippen MR) is 67.0 cm³/mol. The number of aliphatic hydroxyl groups is 1. The molecule has 1 heterocycles. The summed E-state index contributed by atoms with van der Waals surface area (Å²) in [6.07, 6.45) is 3.15. The van der Waals surface area contributed by atoms with E-state index in [1.165, 1.54) is 12.3 Å². The molecule has 0 radical (unpaired) electrons. The van der Waals surface area contributed by atoms with Crippen molar-refractivity contribution in [3.63, 3.8) is 0 Å². The summed E-state index contributed by atoms with van der Waals surface area (Å²) in [6.45, 7) is 1.33. The van der Waals surface area contributed by atoms with Gasteiger partial charge in [-0.15, -0.1) is 0 Å². The molecule has 1 saturated carbocycles. The molecule has 1 aromatic rings. The van der Waals surface area contributed by atoms with E-state index in [0.29, 0.717) is 12.2 Å². The first-order chi connectivity index (χ1) is 9.08. The number of carbonyl (C=O) groups is 1. The second kappa shape index (κ2) is 5.88. The number of amides is 1. The Hall–Kier alpha value is -1.82. The van der Waals surface area contributed by atoms with E-state index in [1.807, 2.05) is 0 Å². The lowest BCUT2D eigenvalue weighted by Gasteiger charge is -2.16. The van der Waals surface area contributed by atoms with Crippen LogP contribution in [-0.2, 0) is 4.79 Å². The van der Waals surface area contributed by atoms with Crippen molar-refractivity contribution in [2.24, 2.45) is 0 Å². The molecule has 2 rings (SSSR count). The van der Waals surface area contributed by atoms with Gasteiger partial charge >= 0.3 is 0 Å². The third-order valence-electron chi connectivity index (χ3n) is 3.18. The van der Waals surface area contributed by atoms with Gasteiger partial charge < -0.3 is 19.6 Å². The van der Waals surface area contributed by atoms with Crippen molar-refractivity contribution in [3.05, 3.63) is 28.3 Å². The van der Waals surface area contributed by atoms with Crippen LogP contribution < -0.4 is 15.5 Å². The molecule has 1 fully saturated rings. The van der Waals surface area contributed by atoms with Crippen LogP contribution in [0.15, 0.2) is 21.5 Å². The van der Waals surface area contributed by atoms with Crippen LogP contribution in [0.3, 0.4) is 0 Å². The topological polar surface area (TPSA) is 88.8 Å². The van der Waals surface area contributed by atoms with Gasteiger partial charge in [-0.1, -0.05) is 0 Å². The number of carbonyl (C=O) groups excluding carboxylic acids is 1. The van der Waals surface area contributed by atoms with Crippen LogP contribution in [0, 0.1) is 6.92 Å². The van der Waals surface area contributed by atoms with E-state index in [-0.39, 0.29) is 29.7 Å². The lowest BCUT2D eigenvalue weighted by molar-refractivity contribution is -0.124. The van der Waals surface area contributed by atoms with Crippen LogP contribution in [-0.4, -0.2) is 29.8 Å². The number of aliphatic hydroxyl groups excluding tert-OH is 1. The summed E-state index contributed by atoms with van der Waals surface area (Å²) >= 11 is 0. The van der Waals surface area contributed by atoms with Crippen LogP contribution in [0.5, 0.6) is 5.75 Å². The fraction of sp³-hybridized carbons (Fsp3) is 0.538. The minimum absolute atomic E-state index is 0.0459. The van der Waals surface area contributed by atoms with Gasteiger partial charge in [-0.25, -0.2) is 0 Å². The predicted octanol–water partition coefficient (Wildman–Crippen LogP) is 0.357. The molecule has 1 aliphatic carbocycles. The van der Waals surface area contributed by atoms with Gasteiger partial charge in [0, 0.05) is 6.07 Å². The first-order valence-corrected chi connectivity index (χ1v) is 6.26. The lowest BCUT2D eigenvalue weighted by atomic mass is 10.2. The van der Waals surface area contributed by atoms with Gasteiger partial charge in [0.1, 0.15) is 5.76 Å². The van der Waals surface area contributed by atoms with E-state index in [2.05, 4.69) is 5.32 Å². The van der Waals surface area contributed by atoms with Crippen molar-refractivity contribution < 1.29 is 19.1 Å². The number of rotatable bonds is 4. The van der Waals surface area contributed by atoms with Gasteiger partial charge in [0.2, 0.25) is 11.2 Å². The Labute approximate surface area is 110 Å². The summed E-state index contributed by atoms with van der Waals surface area (Å²) in [7, 11) is 0. The van der Waals surface area contributed by atoms with Crippen molar-refractivity contribution in [2.45, 2.75) is 38.3 Å². The molecule has 6 heteroatoms. The van der Waals surface area contributed by atoms with Gasteiger partial charge in [0.05, 0.1) is 18.4 Å². The summed E-state index contributed by atoms with van der Waals surface area (Å²) in [6, 6.07) is 1.02. The van der Waals surface area contributed by atoms with Crippen LogP contribution >= 0.6 is 0 Å². The lowest BCUT2D eigenvalue weighted by Crippen LogP contribution is -2.42. The van der Waals surface area contributed by atoms with Crippen molar-refractivity contribution in [2.75, 3.05) is 6.61 Å². The fourth-order valence-electron chi connectivity index (χ4n) is 2.17. The second-order valence-corrected chi connectivity index (χ2v) is 4.63. The van der Waals surface area contributed by atoms with Crippen molar-refractivity contribution in [1.82, 2.24) is 5.32 Å².